The molecule has 0 unspecified atom stereocenters. The average molecular weight is 264 g/mol. The lowest BCUT2D eigenvalue weighted by Crippen LogP contribution is -2.48. The molecule has 2 rings (SSSR count). The molecule has 0 saturated carbocycles. The Kier molecular flexibility index (Phi) is 4.13. The number of nitrogens with zero attached hydrogens (tertiary/aromatic N) is 5. The minimum atomic E-state index is 0.127. The van der Waals surface area contributed by atoms with Gasteiger partial charge in [-0.05, 0) is 13.8 Å². The van der Waals surface area contributed by atoms with E-state index in [0.717, 1.165) is 32.0 Å². The molecule has 1 amide bonds. The maximum atomic E-state index is 11.3. The average Bonchev–Trinajstić information content (AvgIpc) is 2.38. The fraction of sp³-hybridized carbons (Fsp3) is 0.667. The molecule has 0 aromatic carbocycles. The van der Waals surface area contributed by atoms with Crippen molar-refractivity contribution in [3.63, 3.8) is 0 Å². The quantitative estimate of drug-likeness (QED) is 0.849. The summed E-state index contributed by atoms with van der Waals surface area (Å²) in [5.41, 5.74) is 0. The first-order chi connectivity index (χ1) is 9.06. The Morgan fingerprint density at radius 1 is 1.32 bits per heavy atom. The summed E-state index contributed by atoms with van der Waals surface area (Å²) in [5, 5.41) is 11.1. The molecule has 1 aromatic heterocycles. The molecule has 1 aromatic rings. The first-order valence-electron chi connectivity index (χ1n) is 6.53. The van der Waals surface area contributed by atoms with E-state index < -0.39 is 0 Å². The van der Waals surface area contributed by atoms with Crippen molar-refractivity contribution in [1.82, 2.24) is 20.1 Å². The molecule has 0 atom stereocenters. The van der Waals surface area contributed by atoms with Gasteiger partial charge in [0.2, 0.25) is 11.9 Å². The van der Waals surface area contributed by atoms with Gasteiger partial charge in [0.25, 0.3) is 0 Å². The van der Waals surface area contributed by atoms with Gasteiger partial charge < -0.3 is 15.1 Å². The molecule has 0 bridgehead atoms. The number of hydrogen-bond donors (Lipinski definition) is 1. The van der Waals surface area contributed by atoms with Crippen LogP contribution in [0, 0.1) is 0 Å². The van der Waals surface area contributed by atoms with Crippen molar-refractivity contribution >= 4 is 17.7 Å². The van der Waals surface area contributed by atoms with Gasteiger partial charge in [0.1, 0.15) is 0 Å². The normalized spacial score (nSPS) is 15.8. The Hall–Kier alpha value is -1.92. The van der Waals surface area contributed by atoms with E-state index in [0.29, 0.717) is 5.95 Å². The first kappa shape index (κ1) is 13.5. The fourth-order valence-corrected chi connectivity index (χ4v) is 2.02. The van der Waals surface area contributed by atoms with Crippen molar-refractivity contribution < 1.29 is 4.79 Å². The molecule has 2 heterocycles. The monoisotopic (exact) mass is 264 g/mol. The minimum Gasteiger partial charge on any atom is -0.352 e. The van der Waals surface area contributed by atoms with E-state index in [1.165, 1.54) is 0 Å². The molecule has 1 aliphatic heterocycles. The number of rotatable bonds is 3. The van der Waals surface area contributed by atoms with Gasteiger partial charge in [-0.15, -0.1) is 5.10 Å². The molecule has 1 aliphatic rings. The lowest BCUT2D eigenvalue weighted by Gasteiger charge is -2.34. The lowest BCUT2D eigenvalue weighted by atomic mass is 10.3. The summed E-state index contributed by atoms with van der Waals surface area (Å²) in [6.07, 6.45) is 1.66. The predicted octanol–water partition coefficient (Wildman–Crippen LogP) is 0.360. The number of carbonyl (C=O) groups excluding carboxylic acids is 1. The summed E-state index contributed by atoms with van der Waals surface area (Å²) in [7, 11) is 0. The minimum absolute atomic E-state index is 0.127. The molecule has 7 heteroatoms. The van der Waals surface area contributed by atoms with Crippen LogP contribution in [0.5, 0.6) is 0 Å². The Labute approximate surface area is 113 Å². The van der Waals surface area contributed by atoms with E-state index in [9.17, 15) is 4.79 Å². The lowest BCUT2D eigenvalue weighted by molar-refractivity contribution is -0.129. The molecular weight excluding hydrogens is 244 g/mol. The maximum absolute atomic E-state index is 11.3. The molecule has 1 saturated heterocycles. The van der Waals surface area contributed by atoms with Crippen LogP contribution >= 0.6 is 0 Å². The summed E-state index contributed by atoms with van der Waals surface area (Å²) in [6, 6.07) is 0.270. The van der Waals surface area contributed by atoms with Crippen LogP contribution in [-0.2, 0) is 4.79 Å². The second kappa shape index (κ2) is 5.81. The molecule has 104 valence electrons. The van der Waals surface area contributed by atoms with Gasteiger partial charge in [-0.25, -0.2) is 0 Å². The highest BCUT2D eigenvalue weighted by molar-refractivity contribution is 5.73. The van der Waals surface area contributed by atoms with Crippen LogP contribution in [0.4, 0.5) is 11.8 Å². The van der Waals surface area contributed by atoms with Gasteiger partial charge in [-0.3, -0.25) is 4.79 Å². The van der Waals surface area contributed by atoms with Gasteiger partial charge in [-0.1, -0.05) is 0 Å². The highest BCUT2D eigenvalue weighted by Crippen LogP contribution is 2.13. The van der Waals surface area contributed by atoms with E-state index in [1.807, 2.05) is 18.7 Å². The van der Waals surface area contributed by atoms with Crippen LogP contribution < -0.4 is 10.2 Å². The first-order valence-corrected chi connectivity index (χ1v) is 6.53. The molecular formula is C12H20N6O. The molecule has 1 fully saturated rings. The Bertz CT molecular complexity index is 442. The Balaban J connectivity index is 2.01. The van der Waals surface area contributed by atoms with Crippen molar-refractivity contribution in [3.05, 3.63) is 6.20 Å². The number of nitrogens with one attached hydrogen (secondary N) is 1. The number of carbonyl (C=O) groups is 1. The van der Waals surface area contributed by atoms with Crippen LogP contribution in [0.2, 0.25) is 0 Å². The SMILES string of the molecule is CC(=O)N1CCN(c2cnnc(NC(C)C)n2)CC1. The summed E-state index contributed by atoms with van der Waals surface area (Å²) in [6.45, 7) is 8.67. The number of aromatic nitrogens is 3. The van der Waals surface area contributed by atoms with Gasteiger partial charge in [0, 0.05) is 39.1 Å². The third-order valence-corrected chi connectivity index (χ3v) is 3.01. The fourth-order valence-electron chi connectivity index (χ4n) is 2.02. The standard InChI is InChI=1S/C12H20N6O/c1-9(2)14-12-15-11(8-13-16-12)18-6-4-17(5-7-18)10(3)19/h8-9H,4-7H2,1-3H3,(H,14,15,16). The molecule has 19 heavy (non-hydrogen) atoms. The van der Waals surface area contributed by atoms with Crippen LogP contribution in [0.25, 0.3) is 0 Å². The highest BCUT2D eigenvalue weighted by Gasteiger charge is 2.20. The predicted molar refractivity (Wildman–Crippen MR) is 73.1 cm³/mol. The summed E-state index contributed by atoms with van der Waals surface area (Å²) in [4.78, 5) is 19.7. The van der Waals surface area contributed by atoms with Crippen molar-refractivity contribution in [3.8, 4) is 0 Å². The third kappa shape index (κ3) is 3.52. The third-order valence-electron chi connectivity index (χ3n) is 3.01. The Morgan fingerprint density at radius 2 is 2.00 bits per heavy atom. The second-order valence-corrected chi connectivity index (χ2v) is 4.93. The summed E-state index contributed by atoms with van der Waals surface area (Å²) >= 11 is 0. The maximum Gasteiger partial charge on any atom is 0.244 e. The van der Waals surface area contributed by atoms with E-state index in [4.69, 9.17) is 0 Å². The molecule has 1 N–H and O–H groups in total. The van der Waals surface area contributed by atoms with E-state index >= 15 is 0 Å². The van der Waals surface area contributed by atoms with Crippen molar-refractivity contribution in [2.24, 2.45) is 0 Å². The molecule has 0 radical (unpaired) electrons. The number of anilines is 2. The van der Waals surface area contributed by atoms with Gasteiger partial charge in [0.05, 0.1) is 6.20 Å². The van der Waals surface area contributed by atoms with Crippen molar-refractivity contribution in [2.75, 3.05) is 36.4 Å². The zero-order valence-corrected chi connectivity index (χ0v) is 11.6. The zero-order chi connectivity index (χ0) is 13.8. The smallest absolute Gasteiger partial charge is 0.244 e. The largest absolute Gasteiger partial charge is 0.352 e. The summed E-state index contributed by atoms with van der Waals surface area (Å²) in [5.74, 6) is 1.48. The van der Waals surface area contributed by atoms with E-state index in [1.54, 1.807) is 13.1 Å². The van der Waals surface area contributed by atoms with Crippen molar-refractivity contribution in [2.45, 2.75) is 26.8 Å². The number of piperazine rings is 1. The molecule has 0 aliphatic carbocycles. The number of hydrogen-bond acceptors (Lipinski definition) is 6. The van der Waals surface area contributed by atoms with Crippen LogP contribution in [0.1, 0.15) is 20.8 Å². The van der Waals surface area contributed by atoms with Gasteiger partial charge in [-0.2, -0.15) is 10.1 Å². The van der Waals surface area contributed by atoms with Gasteiger partial charge >= 0.3 is 0 Å². The number of amides is 1. The van der Waals surface area contributed by atoms with Crippen LogP contribution in [0.3, 0.4) is 0 Å². The topological polar surface area (TPSA) is 74.2 Å². The van der Waals surface area contributed by atoms with E-state index in [2.05, 4.69) is 25.4 Å². The van der Waals surface area contributed by atoms with Gasteiger partial charge in [0.15, 0.2) is 5.82 Å². The van der Waals surface area contributed by atoms with Crippen LogP contribution in [0.15, 0.2) is 6.20 Å². The van der Waals surface area contributed by atoms with Crippen molar-refractivity contribution in [1.29, 1.82) is 0 Å². The molecule has 0 spiro atoms. The second-order valence-electron chi connectivity index (χ2n) is 4.93. The molecule has 7 nitrogen and oxygen atoms in total. The highest BCUT2D eigenvalue weighted by atomic mass is 16.2. The van der Waals surface area contributed by atoms with E-state index in [-0.39, 0.29) is 11.9 Å². The van der Waals surface area contributed by atoms with Crippen LogP contribution in [-0.4, -0.2) is 58.2 Å². The zero-order valence-electron chi connectivity index (χ0n) is 11.6. The Morgan fingerprint density at radius 3 is 2.58 bits per heavy atom. The summed E-state index contributed by atoms with van der Waals surface area (Å²) < 4.78 is 0.